The van der Waals surface area contributed by atoms with Gasteiger partial charge in [-0.05, 0) is 35.7 Å². The van der Waals surface area contributed by atoms with Gasteiger partial charge in [-0.3, -0.25) is 15.6 Å². The molecule has 8 heteroatoms. The third kappa shape index (κ3) is 5.22. The zero-order chi connectivity index (χ0) is 23.2. The van der Waals surface area contributed by atoms with Crippen LogP contribution >= 0.6 is 11.6 Å². The Balaban J connectivity index is 1.52. The second-order valence-corrected chi connectivity index (χ2v) is 7.85. The van der Waals surface area contributed by atoms with E-state index in [0.717, 1.165) is 22.4 Å². The van der Waals surface area contributed by atoms with Crippen molar-refractivity contribution in [3.05, 3.63) is 107 Å². The van der Waals surface area contributed by atoms with E-state index in [0.29, 0.717) is 10.8 Å². The summed E-state index contributed by atoms with van der Waals surface area (Å²) < 4.78 is 0. The van der Waals surface area contributed by atoms with E-state index < -0.39 is 5.92 Å². The van der Waals surface area contributed by atoms with E-state index in [2.05, 4.69) is 26.1 Å². The van der Waals surface area contributed by atoms with Gasteiger partial charge >= 0.3 is 0 Å². The topological polar surface area (TPSA) is 105 Å². The van der Waals surface area contributed by atoms with Crippen molar-refractivity contribution in [2.24, 2.45) is 0 Å². The number of rotatable bonds is 7. The molecule has 0 aliphatic rings. The van der Waals surface area contributed by atoms with Gasteiger partial charge < -0.3 is 11.1 Å². The number of anilines is 4. The molecule has 0 saturated carbocycles. The van der Waals surface area contributed by atoms with Crippen LogP contribution in [0.5, 0.6) is 0 Å². The number of hydrazine groups is 1. The molecule has 0 aliphatic heterocycles. The second kappa shape index (κ2) is 10.0. The van der Waals surface area contributed by atoms with Crippen molar-refractivity contribution in [2.75, 3.05) is 16.5 Å². The monoisotopic (exact) mass is 458 g/mol. The fourth-order valence-corrected chi connectivity index (χ4v) is 3.56. The summed E-state index contributed by atoms with van der Waals surface area (Å²) in [5, 5.41) is 3.76. The largest absolute Gasteiger partial charge is 0.393 e. The van der Waals surface area contributed by atoms with E-state index in [1.54, 1.807) is 6.07 Å². The molecule has 1 heterocycles. The summed E-state index contributed by atoms with van der Waals surface area (Å²) in [5.74, 6) is -0.0798. The molecule has 1 amide bonds. The molecule has 4 rings (SSSR count). The first kappa shape index (κ1) is 22.1. The number of aromatic nitrogens is 2. The van der Waals surface area contributed by atoms with Gasteiger partial charge in [-0.2, -0.15) is 0 Å². The van der Waals surface area contributed by atoms with Crippen molar-refractivity contribution in [1.29, 1.82) is 0 Å². The molecule has 0 spiro atoms. The number of halogens is 1. The highest BCUT2D eigenvalue weighted by Crippen LogP contribution is 2.28. The molecule has 166 valence electrons. The zero-order valence-corrected chi connectivity index (χ0v) is 18.7. The van der Waals surface area contributed by atoms with Crippen molar-refractivity contribution in [2.45, 2.75) is 12.8 Å². The fourth-order valence-electron chi connectivity index (χ4n) is 3.38. The maximum Gasteiger partial charge on any atom is 0.250 e. The summed E-state index contributed by atoms with van der Waals surface area (Å²) in [6, 6.07) is 24.7. The minimum atomic E-state index is -0.504. The molecule has 0 bridgehead atoms. The number of nitrogens with two attached hydrogens (primary N) is 1. The molecule has 33 heavy (non-hydrogen) atoms. The highest BCUT2D eigenvalue weighted by atomic mass is 35.5. The number of aryl methyl sites for hydroxylation is 1. The summed E-state index contributed by atoms with van der Waals surface area (Å²) in [7, 11) is 0. The molecular weight excluding hydrogens is 436 g/mol. The molecule has 0 radical (unpaired) electrons. The Labute approximate surface area is 197 Å². The number of nitrogens with zero attached hydrogens (tertiary/aromatic N) is 2. The quantitative estimate of drug-likeness (QED) is 0.289. The average Bonchev–Trinajstić information content (AvgIpc) is 2.83. The van der Waals surface area contributed by atoms with Crippen molar-refractivity contribution >= 4 is 40.5 Å². The van der Waals surface area contributed by atoms with Crippen LogP contribution in [0.15, 0.2) is 85.2 Å². The number of amides is 1. The van der Waals surface area contributed by atoms with Gasteiger partial charge in [-0.25, -0.2) is 9.97 Å². The highest BCUT2D eigenvalue weighted by Gasteiger charge is 2.23. The van der Waals surface area contributed by atoms with E-state index in [1.807, 2.05) is 79.7 Å². The van der Waals surface area contributed by atoms with Crippen LogP contribution < -0.4 is 21.9 Å². The van der Waals surface area contributed by atoms with Crippen LogP contribution in [-0.4, -0.2) is 15.9 Å². The normalized spacial score (nSPS) is 10.6. The molecule has 0 saturated heterocycles. The molecular formula is C25H23ClN6O. The van der Waals surface area contributed by atoms with Crippen LogP contribution in [0.4, 0.5) is 23.0 Å². The van der Waals surface area contributed by atoms with Gasteiger partial charge in [0.1, 0.15) is 12.0 Å². The molecule has 4 aromatic rings. The number of nitrogens with one attached hydrogen (secondary N) is 3. The SMILES string of the molecule is Cc1ccc(Nc2ncnc(NNC(=O)C(c3ccccc3)c3ccccc3)c2N)cc1Cl. The Morgan fingerprint density at radius 3 is 2.12 bits per heavy atom. The lowest BCUT2D eigenvalue weighted by molar-refractivity contribution is -0.121. The lowest BCUT2D eigenvalue weighted by atomic mass is 9.91. The van der Waals surface area contributed by atoms with Crippen LogP contribution in [0.1, 0.15) is 22.6 Å². The standard InChI is InChI=1S/C25H23ClN6O/c1-16-12-13-19(14-20(16)26)30-23-22(27)24(29-15-28-23)31-32-25(33)21(17-8-4-2-5-9-17)18-10-6-3-7-11-18/h2-15,21H,27H2,1H3,(H,32,33)(H2,28,29,30,31). The number of carbonyl (C=O) groups is 1. The Hall–Kier alpha value is -4.10. The lowest BCUT2D eigenvalue weighted by Crippen LogP contribution is -2.35. The maximum absolute atomic E-state index is 13.2. The van der Waals surface area contributed by atoms with E-state index in [1.165, 1.54) is 6.33 Å². The van der Waals surface area contributed by atoms with Crippen LogP contribution in [0.2, 0.25) is 5.02 Å². The van der Waals surface area contributed by atoms with Crippen molar-refractivity contribution in [3.63, 3.8) is 0 Å². The van der Waals surface area contributed by atoms with Crippen molar-refractivity contribution in [3.8, 4) is 0 Å². The van der Waals surface area contributed by atoms with Crippen molar-refractivity contribution < 1.29 is 4.79 Å². The number of hydrogen-bond acceptors (Lipinski definition) is 6. The van der Waals surface area contributed by atoms with Crippen LogP contribution in [0, 0.1) is 6.92 Å². The van der Waals surface area contributed by atoms with E-state index in [4.69, 9.17) is 17.3 Å². The first-order valence-corrected chi connectivity index (χ1v) is 10.7. The number of nitrogen functional groups attached to an aromatic ring is 1. The van der Waals surface area contributed by atoms with Gasteiger partial charge in [-0.1, -0.05) is 78.3 Å². The minimum Gasteiger partial charge on any atom is -0.393 e. The average molecular weight is 459 g/mol. The summed E-state index contributed by atoms with van der Waals surface area (Å²) in [5.41, 5.74) is 15.5. The zero-order valence-electron chi connectivity index (χ0n) is 17.9. The van der Waals surface area contributed by atoms with E-state index in [-0.39, 0.29) is 17.4 Å². The highest BCUT2D eigenvalue weighted by molar-refractivity contribution is 6.31. The van der Waals surface area contributed by atoms with Gasteiger partial charge in [-0.15, -0.1) is 0 Å². The molecule has 3 aromatic carbocycles. The van der Waals surface area contributed by atoms with Crippen LogP contribution in [0.25, 0.3) is 0 Å². The predicted octanol–water partition coefficient (Wildman–Crippen LogP) is 5.04. The summed E-state index contributed by atoms with van der Waals surface area (Å²) in [6.07, 6.45) is 1.36. The second-order valence-electron chi connectivity index (χ2n) is 7.44. The molecule has 0 fully saturated rings. The summed E-state index contributed by atoms with van der Waals surface area (Å²) >= 11 is 6.20. The Kier molecular flexibility index (Phi) is 6.71. The molecule has 1 aromatic heterocycles. The van der Waals surface area contributed by atoms with Crippen LogP contribution in [0.3, 0.4) is 0 Å². The Morgan fingerprint density at radius 1 is 0.909 bits per heavy atom. The third-order valence-electron chi connectivity index (χ3n) is 5.15. The fraction of sp³-hybridized carbons (Fsp3) is 0.0800. The van der Waals surface area contributed by atoms with Gasteiger partial charge in [0.25, 0.3) is 0 Å². The molecule has 7 nitrogen and oxygen atoms in total. The van der Waals surface area contributed by atoms with Crippen LogP contribution in [-0.2, 0) is 4.79 Å². The van der Waals surface area contributed by atoms with Gasteiger partial charge in [0.05, 0.1) is 5.92 Å². The maximum atomic E-state index is 13.2. The summed E-state index contributed by atoms with van der Waals surface area (Å²) in [6.45, 7) is 1.92. The number of benzene rings is 3. The smallest absolute Gasteiger partial charge is 0.250 e. The third-order valence-corrected chi connectivity index (χ3v) is 5.56. The molecule has 5 N–H and O–H groups in total. The van der Waals surface area contributed by atoms with E-state index in [9.17, 15) is 4.79 Å². The molecule has 0 aliphatic carbocycles. The Morgan fingerprint density at radius 2 is 1.52 bits per heavy atom. The number of carbonyl (C=O) groups excluding carboxylic acids is 1. The minimum absolute atomic E-state index is 0.245. The molecule has 0 unspecified atom stereocenters. The molecule has 0 atom stereocenters. The first-order valence-electron chi connectivity index (χ1n) is 10.3. The van der Waals surface area contributed by atoms with Gasteiger partial charge in [0.2, 0.25) is 5.91 Å². The van der Waals surface area contributed by atoms with Gasteiger partial charge in [0, 0.05) is 10.7 Å². The van der Waals surface area contributed by atoms with Crippen molar-refractivity contribution in [1.82, 2.24) is 15.4 Å². The Bertz CT molecular complexity index is 1210. The first-order chi connectivity index (χ1) is 16.0. The number of hydrogen-bond donors (Lipinski definition) is 4. The predicted molar refractivity (Wildman–Crippen MR) is 132 cm³/mol. The van der Waals surface area contributed by atoms with Gasteiger partial charge in [0.15, 0.2) is 11.6 Å². The lowest BCUT2D eigenvalue weighted by Gasteiger charge is -2.19. The van der Waals surface area contributed by atoms with E-state index >= 15 is 0 Å². The summed E-state index contributed by atoms with van der Waals surface area (Å²) in [4.78, 5) is 21.5.